The van der Waals surface area contributed by atoms with E-state index in [1.54, 1.807) is 0 Å². The lowest BCUT2D eigenvalue weighted by atomic mass is 10.1. The Balaban J connectivity index is 2.44. The van der Waals surface area contributed by atoms with Gasteiger partial charge in [-0.1, -0.05) is 19.9 Å². The summed E-state index contributed by atoms with van der Waals surface area (Å²) in [7, 11) is 0. The molecule has 0 radical (unpaired) electrons. The van der Waals surface area contributed by atoms with E-state index in [0.717, 1.165) is 11.8 Å². The van der Waals surface area contributed by atoms with Gasteiger partial charge in [-0.05, 0) is 13.0 Å². The molecule has 0 bridgehead atoms. The highest BCUT2D eigenvalue weighted by atomic mass is 32.2. The van der Waals surface area contributed by atoms with Crippen LogP contribution in [0.25, 0.3) is 0 Å². The van der Waals surface area contributed by atoms with E-state index in [0.29, 0.717) is 11.3 Å². The van der Waals surface area contributed by atoms with E-state index in [1.165, 1.54) is 17.9 Å². The van der Waals surface area contributed by atoms with E-state index >= 15 is 0 Å². The first-order valence-corrected chi connectivity index (χ1v) is 7.48. The van der Waals surface area contributed by atoms with Crippen molar-refractivity contribution in [3.05, 3.63) is 12.7 Å². The van der Waals surface area contributed by atoms with E-state index in [1.807, 2.05) is 0 Å². The highest BCUT2D eigenvalue weighted by molar-refractivity contribution is 8.07. The van der Waals surface area contributed by atoms with Gasteiger partial charge in [0.15, 0.2) is 0 Å². The van der Waals surface area contributed by atoms with Crippen LogP contribution in [0.15, 0.2) is 12.7 Å². The molecule has 1 N–H and O–H groups in total. The second kappa shape index (κ2) is 6.81. The summed E-state index contributed by atoms with van der Waals surface area (Å²) in [5.74, 6) is 2.60. The zero-order valence-corrected chi connectivity index (χ0v) is 10.8. The van der Waals surface area contributed by atoms with Crippen LogP contribution in [0.1, 0.15) is 20.3 Å². The summed E-state index contributed by atoms with van der Waals surface area (Å²) < 4.78 is 0. The predicted molar refractivity (Wildman–Crippen MR) is 70.4 cm³/mol. The van der Waals surface area contributed by atoms with Crippen LogP contribution in [-0.4, -0.2) is 34.6 Å². The fourth-order valence-corrected chi connectivity index (χ4v) is 4.62. The van der Waals surface area contributed by atoms with Crippen molar-refractivity contribution < 1.29 is 0 Å². The SMILES string of the molecule is C=CC(NCCC)C1SCCSC1C. The molecule has 82 valence electrons. The fraction of sp³-hybridized carbons (Fsp3) is 0.818. The average molecular weight is 231 g/mol. The third-order valence-electron chi connectivity index (χ3n) is 2.47. The molecule has 0 aromatic heterocycles. The van der Waals surface area contributed by atoms with Crippen LogP contribution >= 0.6 is 23.5 Å². The van der Waals surface area contributed by atoms with Crippen LogP contribution < -0.4 is 5.32 Å². The van der Waals surface area contributed by atoms with Gasteiger partial charge in [-0.15, -0.1) is 6.58 Å². The van der Waals surface area contributed by atoms with Gasteiger partial charge < -0.3 is 5.32 Å². The van der Waals surface area contributed by atoms with Crippen LogP contribution in [0, 0.1) is 0 Å². The van der Waals surface area contributed by atoms with Gasteiger partial charge in [0.05, 0.1) is 0 Å². The molecule has 0 aliphatic carbocycles. The highest BCUT2D eigenvalue weighted by Gasteiger charge is 2.27. The number of hydrogen-bond acceptors (Lipinski definition) is 3. The maximum Gasteiger partial charge on any atom is 0.0378 e. The zero-order chi connectivity index (χ0) is 10.4. The Hall–Kier alpha value is 0.400. The number of rotatable bonds is 5. The summed E-state index contributed by atoms with van der Waals surface area (Å²) in [5, 5.41) is 5.02. The topological polar surface area (TPSA) is 12.0 Å². The Morgan fingerprint density at radius 2 is 2.21 bits per heavy atom. The summed E-state index contributed by atoms with van der Waals surface area (Å²) >= 11 is 4.19. The highest BCUT2D eigenvalue weighted by Crippen LogP contribution is 2.33. The maximum absolute atomic E-state index is 3.94. The van der Waals surface area contributed by atoms with Gasteiger partial charge in [0.25, 0.3) is 0 Å². The van der Waals surface area contributed by atoms with Gasteiger partial charge in [0.2, 0.25) is 0 Å². The predicted octanol–water partition coefficient (Wildman–Crippen LogP) is 2.78. The Labute approximate surface area is 96.5 Å². The molecule has 0 aromatic rings. The van der Waals surface area contributed by atoms with Crippen LogP contribution in [0.3, 0.4) is 0 Å². The zero-order valence-electron chi connectivity index (χ0n) is 9.16. The molecule has 0 spiro atoms. The first-order chi connectivity index (χ1) is 6.79. The fourth-order valence-electron chi connectivity index (χ4n) is 1.69. The van der Waals surface area contributed by atoms with Gasteiger partial charge in [-0.25, -0.2) is 0 Å². The molecule has 3 unspecified atom stereocenters. The molecule has 3 heteroatoms. The second-order valence-corrected chi connectivity index (χ2v) is 6.40. The maximum atomic E-state index is 3.94. The first kappa shape index (κ1) is 12.5. The van der Waals surface area contributed by atoms with Crippen LogP contribution in [-0.2, 0) is 0 Å². The minimum atomic E-state index is 0.489. The Bertz CT molecular complexity index is 173. The van der Waals surface area contributed by atoms with E-state index in [4.69, 9.17) is 0 Å². The quantitative estimate of drug-likeness (QED) is 0.731. The smallest absolute Gasteiger partial charge is 0.0378 e. The van der Waals surface area contributed by atoms with Crippen molar-refractivity contribution in [2.75, 3.05) is 18.1 Å². The Morgan fingerprint density at radius 3 is 2.79 bits per heavy atom. The van der Waals surface area contributed by atoms with Gasteiger partial charge >= 0.3 is 0 Å². The monoisotopic (exact) mass is 231 g/mol. The van der Waals surface area contributed by atoms with Crippen LogP contribution in [0.2, 0.25) is 0 Å². The van der Waals surface area contributed by atoms with Crippen molar-refractivity contribution in [2.45, 2.75) is 36.8 Å². The van der Waals surface area contributed by atoms with Crippen molar-refractivity contribution in [1.82, 2.24) is 5.32 Å². The molecule has 1 rings (SSSR count). The molecule has 3 atom stereocenters. The van der Waals surface area contributed by atoms with E-state index < -0.39 is 0 Å². The van der Waals surface area contributed by atoms with Gasteiger partial charge in [0, 0.05) is 28.0 Å². The average Bonchev–Trinajstić information content (AvgIpc) is 2.21. The van der Waals surface area contributed by atoms with Crippen molar-refractivity contribution in [3.8, 4) is 0 Å². The molecule has 0 saturated carbocycles. The number of nitrogens with one attached hydrogen (secondary N) is 1. The Morgan fingerprint density at radius 1 is 1.50 bits per heavy atom. The van der Waals surface area contributed by atoms with Crippen molar-refractivity contribution >= 4 is 23.5 Å². The van der Waals surface area contributed by atoms with Crippen molar-refractivity contribution in [2.24, 2.45) is 0 Å². The second-order valence-electron chi connectivity index (χ2n) is 3.63. The number of hydrogen-bond donors (Lipinski definition) is 1. The third kappa shape index (κ3) is 3.52. The summed E-state index contributed by atoms with van der Waals surface area (Å²) in [4.78, 5) is 0. The molecule has 1 aliphatic rings. The largest absolute Gasteiger partial charge is 0.309 e. The van der Waals surface area contributed by atoms with E-state index in [2.05, 4.69) is 55.3 Å². The van der Waals surface area contributed by atoms with Crippen molar-refractivity contribution in [1.29, 1.82) is 0 Å². The van der Waals surface area contributed by atoms with E-state index in [-0.39, 0.29) is 0 Å². The Kier molecular flexibility index (Phi) is 6.06. The molecule has 1 heterocycles. The number of thioether (sulfide) groups is 2. The molecule has 1 fully saturated rings. The minimum Gasteiger partial charge on any atom is -0.309 e. The van der Waals surface area contributed by atoms with E-state index in [9.17, 15) is 0 Å². The molecular weight excluding hydrogens is 210 g/mol. The molecular formula is C11H21NS2. The van der Waals surface area contributed by atoms with Crippen molar-refractivity contribution in [3.63, 3.8) is 0 Å². The van der Waals surface area contributed by atoms with Gasteiger partial charge in [-0.3, -0.25) is 0 Å². The lowest BCUT2D eigenvalue weighted by molar-refractivity contribution is 0.563. The van der Waals surface area contributed by atoms with Gasteiger partial charge in [-0.2, -0.15) is 23.5 Å². The first-order valence-electron chi connectivity index (χ1n) is 5.38. The lowest BCUT2D eigenvalue weighted by Crippen LogP contribution is -2.43. The normalized spacial score (nSPS) is 29.9. The summed E-state index contributed by atoms with van der Waals surface area (Å²) in [6, 6.07) is 0.489. The van der Waals surface area contributed by atoms with Crippen LogP contribution in [0.4, 0.5) is 0 Å². The molecule has 1 saturated heterocycles. The molecule has 0 aromatic carbocycles. The minimum absolute atomic E-state index is 0.489. The molecule has 1 aliphatic heterocycles. The van der Waals surface area contributed by atoms with Crippen LogP contribution in [0.5, 0.6) is 0 Å². The molecule has 0 amide bonds. The third-order valence-corrected chi connectivity index (χ3v) is 5.69. The lowest BCUT2D eigenvalue weighted by Gasteiger charge is -2.33. The van der Waals surface area contributed by atoms with Gasteiger partial charge in [0.1, 0.15) is 0 Å². The summed E-state index contributed by atoms with van der Waals surface area (Å²) in [5.41, 5.74) is 0. The molecule has 1 nitrogen and oxygen atoms in total. The summed E-state index contributed by atoms with van der Waals surface area (Å²) in [6.07, 6.45) is 3.28. The molecule has 14 heavy (non-hydrogen) atoms. The summed E-state index contributed by atoms with van der Waals surface area (Å²) in [6.45, 7) is 9.59. The standard InChI is InChI=1S/C11H21NS2/c1-4-6-12-10(5-2)11-9(3)13-7-8-14-11/h5,9-12H,2,4,6-8H2,1,3H3.